The van der Waals surface area contributed by atoms with Gasteiger partial charge in [0.25, 0.3) is 0 Å². The second kappa shape index (κ2) is 5.71. The number of primary amides is 1. The minimum Gasteiger partial charge on any atom is -0.480 e. The molecule has 0 saturated heterocycles. The minimum atomic E-state index is -1.00. The summed E-state index contributed by atoms with van der Waals surface area (Å²) in [5.74, 6) is -1.56. The van der Waals surface area contributed by atoms with E-state index in [1.807, 2.05) is 0 Å². The summed E-state index contributed by atoms with van der Waals surface area (Å²) in [5, 5.41) is 8.47. The van der Waals surface area contributed by atoms with Gasteiger partial charge in [0.15, 0.2) is 0 Å². The van der Waals surface area contributed by atoms with Crippen molar-refractivity contribution in [2.75, 3.05) is 19.6 Å². The molecule has 0 aromatic heterocycles. The van der Waals surface area contributed by atoms with Crippen LogP contribution in [0.3, 0.4) is 0 Å². The molecular weight excluding hydrogens is 240 g/mol. The molecule has 0 aromatic carbocycles. The van der Waals surface area contributed by atoms with E-state index < -0.39 is 11.9 Å². The molecule has 0 aromatic rings. The number of nitrogens with zero attached hydrogens (tertiary/aromatic N) is 1. The van der Waals surface area contributed by atoms with Crippen LogP contribution in [0.15, 0.2) is 11.1 Å². The Morgan fingerprint density at radius 1 is 1.38 bits per heavy atom. The molecule has 0 heterocycles. The predicted octanol–water partition coefficient (Wildman–Crippen LogP) is -0.233. The fraction of sp³-hybridized carbons (Fsp3) is 0.429. The van der Waals surface area contributed by atoms with Crippen LogP contribution < -0.4 is 5.73 Å². The smallest absolute Gasteiger partial charge is 0.317 e. The van der Waals surface area contributed by atoms with Crippen molar-refractivity contribution in [2.24, 2.45) is 5.73 Å². The van der Waals surface area contributed by atoms with E-state index in [4.69, 9.17) is 10.8 Å². The first-order chi connectivity index (χ1) is 5.91. The van der Waals surface area contributed by atoms with Crippen LogP contribution in [0.4, 0.5) is 0 Å². The van der Waals surface area contributed by atoms with Gasteiger partial charge in [0.05, 0.1) is 13.1 Å². The van der Waals surface area contributed by atoms with Gasteiger partial charge in [-0.1, -0.05) is 22.5 Å². The Labute approximate surface area is 84.3 Å². The highest BCUT2D eigenvalue weighted by Crippen LogP contribution is 2.03. The van der Waals surface area contributed by atoms with Gasteiger partial charge in [0, 0.05) is 11.0 Å². The van der Waals surface area contributed by atoms with Gasteiger partial charge in [-0.05, 0) is 0 Å². The first-order valence-electron chi connectivity index (χ1n) is 3.47. The molecule has 5 nitrogen and oxygen atoms in total. The third-order valence-electron chi connectivity index (χ3n) is 1.13. The number of aliphatic carboxylic acids is 1. The molecule has 13 heavy (non-hydrogen) atoms. The zero-order valence-electron chi connectivity index (χ0n) is 6.99. The van der Waals surface area contributed by atoms with Gasteiger partial charge < -0.3 is 10.8 Å². The summed E-state index contributed by atoms with van der Waals surface area (Å²) in [6.45, 7) is 3.51. The normalized spacial score (nSPS) is 10.0. The molecule has 0 saturated carbocycles. The zero-order chi connectivity index (χ0) is 10.4. The number of nitrogens with two attached hydrogens (primary N) is 1. The summed E-state index contributed by atoms with van der Waals surface area (Å²) in [6, 6.07) is 0. The molecule has 6 heteroatoms. The molecule has 1 amide bonds. The average molecular weight is 251 g/mol. The predicted molar refractivity (Wildman–Crippen MR) is 51.3 cm³/mol. The van der Waals surface area contributed by atoms with Crippen molar-refractivity contribution in [1.29, 1.82) is 0 Å². The summed E-state index contributed by atoms with van der Waals surface area (Å²) < 4.78 is 0.606. The first-order valence-corrected chi connectivity index (χ1v) is 4.27. The summed E-state index contributed by atoms with van der Waals surface area (Å²) in [6.07, 6.45) is 0. The SMILES string of the molecule is C=C(Br)CN(CC(N)=O)CC(=O)O. The van der Waals surface area contributed by atoms with Crippen LogP contribution in [0.2, 0.25) is 0 Å². The Balaban J connectivity index is 4.10. The van der Waals surface area contributed by atoms with Gasteiger partial charge in [0.2, 0.25) is 5.91 Å². The Bertz CT molecular complexity index is 192. The number of hydrogen-bond donors (Lipinski definition) is 2. The molecule has 0 radical (unpaired) electrons. The van der Waals surface area contributed by atoms with Crippen molar-refractivity contribution >= 4 is 27.8 Å². The summed E-state index contributed by atoms with van der Waals surface area (Å²) in [7, 11) is 0. The maximum atomic E-state index is 10.5. The number of rotatable bonds is 6. The van der Waals surface area contributed by atoms with E-state index in [2.05, 4.69) is 22.5 Å². The van der Waals surface area contributed by atoms with Crippen LogP contribution in [0, 0.1) is 0 Å². The van der Waals surface area contributed by atoms with Gasteiger partial charge in [0.1, 0.15) is 0 Å². The lowest BCUT2D eigenvalue weighted by Crippen LogP contribution is -2.37. The first kappa shape index (κ1) is 12.1. The summed E-state index contributed by atoms with van der Waals surface area (Å²) in [4.78, 5) is 22.2. The Kier molecular flexibility index (Phi) is 5.33. The quantitative estimate of drug-likeness (QED) is 0.682. The maximum absolute atomic E-state index is 10.5. The summed E-state index contributed by atoms with van der Waals surface area (Å²) in [5.41, 5.74) is 4.93. The minimum absolute atomic E-state index is 0.0864. The van der Waals surface area contributed by atoms with Gasteiger partial charge in [-0.25, -0.2) is 0 Å². The van der Waals surface area contributed by atoms with Crippen LogP contribution in [0.1, 0.15) is 0 Å². The van der Waals surface area contributed by atoms with Gasteiger partial charge in [-0.3, -0.25) is 14.5 Å². The van der Waals surface area contributed by atoms with E-state index in [0.717, 1.165) is 0 Å². The van der Waals surface area contributed by atoms with Crippen LogP contribution in [0.25, 0.3) is 0 Å². The van der Waals surface area contributed by atoms with Crippen LogP contribution >= 0.6 is 15.9 Å². The molecule has 74 valence electrons. The lowest BCUT2D eigenvalue weighted by Gasteiger charge is -2.17. The highest BCUT2D eigenvalue weighted by atomic mass is 79.9. The number of carbonyl (C=O) groups excluding carboxylic acids is 1. The lowest BCUT2D eigenvalue weighted by molar-refractivity contribution is -0.138. The van der Waals surface area contributed by atoms with Crippen molar-refractivity contribution in [3.63, 3.8) is 0 Å². The molecular formula is C7H11BrN2O3. The number of carboxylic acids is 1. The second-order valence-electron chi connectivity index (χ2n) is 2.52. The fourth-order valence-corrected chi connectivity index (χ4v) is 1.18. The molecule has 0 aliphatic heterocycles. The van der Waals surface area contributed by atoms with Crippen LogP contribution in [-0.2, 0) is 9.59 Å². The Hall–Kier alpha value is -0.880. The highest BCUT2D eigenvalue weighted by molar-refractivity contribution is 9.11. The largest absolute Gasteiger partial charge is 0.480 e. The van der Waals surface area contributed by atoms with Gasteiger partial charge in [-0.15, -0.1) is 0 Å². The maximum Gasteiger partial charge on any atom is 0.317 e. The van der Waals surface area contributed by atoms with Crippen LogP contribution in [0.5, 0.6) is 0 Å². The molecule has 0 unspecified atom stereocenters. The van der Waals surface area contributed by atoms with Crippen molar-refractivity contribution in [2.45, 2.75) is 0 Å². The van der Waals surface area contributed by atoms with E-state index in [1.54, 1.807) is 0 Å². The van der Waals surface area contributed by atoms with E-state index in [1.165, 1.54) is 4.90 Å². The van der Waals surface area contributed by atoms with Crippen molar-refractivity contribution in [3.05, 3.63) is 11.1 Å². The number of hydrogen-bond acceptors (Lipinski definition) is 3. The highest BCUT2D eigenvalue weighted by Gasteiger charge is 2.12. The van der Waals surface area contributed by atoms with Gasteiger partial charge >= 0.3 is 5.97 Å². The van der Waals surface area contributed by atoms with E-state index in [9.17, 15) is 9.59 Å². The number of carboxylic acid groups (broad SMARTS) is 1. The lowest BCUT2D eigenvalue weighted by atomic mass is 10.4. The Morgan fingerprint density at radius 3 is 2.23 bits per heavy atom. The number of carbonyl (C=O) groups is 2. The van der Waals surface area contributed by atoms with Crippen LogP contribution in [-0.4, -0.2) is 41.5 Å². The van der Waals surface area contributed by atoms with E-state index in [-0.39, 0.29) is 19.6 Å². The number of amides is 1. The van der Waals surface area contributed by atoms with Crippen molar-refractivity contribution in [1.82, 2.24) is 4.90 Å². The van der Waals surface area contributed by atoms with E-state index in [0.29, 0.717) is 4.48 Å². The monoisotopic (exact) mass is 250 g/mol. The molecule has 0 atom stereocenters. The molecule has 0 spiro atoms. The molecule has 0 bridgehead atoms. The molecule has 0 fully saturated rings. The molecule has 3 N–H and O–H groups in total. The standard InChI is InChI=1S/C7H11BrN2O3/c1-5(8)2-10(3-6(9)11)4-7(12)13/h1-4H2,(H2,9,11)(H,12,13). The van der Waals surface area contributed by atoms with Crippen molar-refractivity contribution in [3.8, 4) is 0 Å². The van der Waals surface area contributed by atoms with Gasteiger partial charge in [-0.2, -0.15) is 0 Å². The topological polar surface area (TPSA) is 83.6 Å². The third kappa shape index (κ3) is 7.48. The van der Waals surface area contributed by atoms with E-state index >= 15 is 0 Å². The third-order valence-corrected chi connectivity index (χ3v) is 1.38. The number of halogens is 1. The summed E-state index contributed by atoms with van der Waals surface area (Å²) >= 11 is 3.07. The zero-order valence-corrected chi connectivity index (χ0v) is 8.58. The molecule has 0 aliphatic rings. The Morgan fingerprint density at radius 2 is 1.92 bits per heavy atom. The fourth-order valence-electron chi connectivity index (χ4n) is 0.822. The second-order valence-corrected chi connectivity index (χ2v) is 3.64. The van der Waals surface area contributed by atoms with Crippen molar-refractivity contribution < 1.29 is 14.7 Å². The average Bonchev–Trinajstić information content (AvgIpc) is 1.80. The molecule has 0 rings (SSSR count). The molecule has 0 aliphatic carbocycles.